The van der Waals surface area contributed by atoms with E-state index in [-0.39, 0.29) is 6.03 Å². The van der Waals surface area contributed by atoms with E-state index in [1.54, 1.807) is 19.1 Å². The quantitative estimate of drug-likeness (QED) is 0.641. The summed E-state index contributed by atoms with van der Waals surface area (Å²) in [5, 5.41) is 7.23. The summed E-state index contributed by atoms with van der Waals surface area (Å²) in [4.78, 5) is 19.0. The van der Waals surface area contributed by atoms with Crippen molar-refractivity contribution in [3.05, 3.63) is 65.7 Å². The Labute approximate surface area is 180 Å². The zero-order chi connectivity index (χ0) is 22.0. The Bertz CT molecular complexity index is 1120. The number of carbonyl (C=O) groups excluding carboxylic acids is 1. The molecule has 1 aliphatic rings. The van der Waals surface area contributed by atoms with Crippen LogP contribution in [0.4, 0.5) is 4.79 Å². The number of hydrogen-bond acceptors (Lipinski definition) is 6. The first-order chi connectivity index (χ1) is 15.0. The Balaban J connectivity index is 1.78. The van der Waals surface area contributed by atoms with E-state index in [0.29, 0.717) is 24.0 Å². The van der Waals surface area contributed by atoms with Gasteiger partial charge < -0.3 is 19.3 Å². The highest BCUT2D eigenvalue weighted by Gasteiger charge is 2.35. The van der Waals surface area contributed by atoms with Crippen LogP contribution in [-0.2, 0) is 0 Å². The maximum absolute atomic E-state index is 12.7. The van der Waals surface area contributed by atoms with Gasteiger partial charge in [-0.2, -0.15) is 4.98 Å². The van der Waals surface area contributed by atoms with Crippen molar-refractivity contribution in [2.75, 3.05) is 20.8 Å². The number of aromatic nitrogens is 2. The fourth-order valence-electron chi connectivity index (χ4n) is 3.70. The predicted molar refractivity (Wildman–Crippen MR) is 116 cm³/mol. The summed E-state index contributed by atoms with van der Waals surface area (Å²) in [6, 6.07) is 14.4. The van der Waals surface area contributed by atoms with Crippen molar-refractivity contribution in [1.29, 1.82) is 0 Å². The molecule has 8 nitrogen and oxygen atoms in total. The molecule has 1 atom stereocenters. The number of carbonyl (C=O) groups is 1. The molecule has 1 unspecified atom stereocenters. The Morgan fingerprint density at radius 2 is 1.84 bits per heavy atom. The van der Waals surface area contributed by atoms with Gasteiger partial charge in [0.1, 0.15) is 11.5 Å². The highest BCUT2D eigenvalue weighted by atomic mass is 16.5. The lowest BCUT2D eigenvalue weighted by Crippen LogP contribution is -2.45. The predicted octanol–water partition coefficient (Wildman–Crippen LogP) is 4.27. The fraction of sp³-hybridized carbons (Fsp3) is 0.261. The van der Waals surface area contributed by atoms with Crippen LogP contribution in [-0.4, -0.2) is 41.8 Å². The average Bonchev–Trinajstić information content (AvgIpc) is 3.29. The second-order valence-corrected chi connectivity index (χ2v) is 7.05. The van der Waals surface area contributed by atoms with Crippen LogP contribution in [0.3, 0.4) is 0 Å². The molecule has 1 aliphatic heterocycles. The van der Waals surface area contributed by atoms with Gasteiger partial charge in [0.15, 0.2) is 0 Å². The Kier molecular flexibility index (Phi) is 5.62. The van der Waals surface area contributed by atoms with Crippen molar-refractivity contribution in [3.63, 3.8) is 0 Å². The molecule has 0 saturated carbocycles. The number of amides is 2. The highest BCUT2D eigenvalue weighted by Crippen LogP contribution is 2.37. The van der Waals surface area contributed by atoms with E-state index in [1.807, 2.05) is 62.4 Å². The van der Waals surface area contributed by atoms with Gasteiger partial charge in [-0.05, 0) is 43.7 Å². The van der Waals surface area contributed by atoms with Crippen LogP contribution in [0.5, 0.6) is 11.5 Å². The lowest BCUT2D eigenvalue weighted by atomic mass is 9.94. The van der Waals surface area contributed by atoms with E-state index >= 15 is 0 Å². The third kappa shape index (κ3) is 3.84. The third-order valence-electron chi connectivity index (χ3n) is 5.35. The molecule has 2 heterocycles. The molecule has 4 rings (SSSR count). The molecule has 160 valence electrons. The molecule has 2 aromatic carbocycles. The second kappa shape index (κ2) is 8.51. The molecule has 0 saturated heterocycles. The van der Waals surface area contributed by atoms with Crippen LogP contribution in [0.15, 0.2) is 58.8 Å². The third-order valence-corrected chi connectivity index (χ3v) is 5.35. The van der Waals surface area contributed by atoms with Crippen LogP contribution in [0.1, 0.15) is 31.3 Å². The number of ether oxygens (including phenoxy) is 2. The molecule has 0 radical (unpaired) electrons. The molecule has 1 N–H and O–H groups in total. The second-order valence-electron chi connectivity index (χ2n) is 7.05. The average molecular weight is 420 g/mol. The number of hydrogen-bond donors (Lipinski definition) is 1. The normalized spacial score (nSPS) is 16.3. The van der Waals surface area contributed by atoms with Crippen molar-refractivity contribution in [3.8, 4) is 22.9 Å². The molecule has 1 aromatic heterocycles. The summed E-state index contributed by atoms with van der Waals surface area (Å²) < 4.78 is 16.2. The molecule has 8 heteroatoms. The number of benzene rings is 2. The summed E-state index contributed by atoms with van der Waals surface area (Å²) in [6.45, 7) is 4.33. The fourth-order valence-corrected chi connectivity index (χ4v) is 3.70. The van der Waals surface area contributed by atoms with Gasteiger partial charge in [-0.15, -0.1) is 0 Å². The Hall–Kier alpha value is -3.81. The molecule has 2 amide bonds. The first-order valence-electron chi connectivity index (χ1n) is 9.97. The summed E-state index contributed by atoms with van der Waals surface area (Å²) in [6.07, 6.45) is 0. The number of rotatable bonds is 6. The minimum Gasteiger partial charge on any atom is -0.497 e. The van der Waals surface area contributed by atoms with Gasteiger partial charge in [-0.1, -0.05) is 29.4 Å². The van der Waals surface area contributed by atoms with Gasteiger partial charge in [-0.25, -0.2) is 4.79 Å². The first kappa shape index (κ1) is 20.5. The van der Waals surface area contributed by atoms with Crippen molar-refractivity contribution in [2.24, 2.45) is 0 Å². The van der Waals surface area contributed by atoms with E-state index in [9.17, 15) is 4.79 Å². The molecular formula is C23H24N4O4. The lowest BCUT2D eigenvalue weighted by Gasteiger charge is -2.34. The minimum atomic E-state index is -0.431. The number of nitrogens with one attached hydrogen (secondary N) is 1. The zero-order valence-electron chi connectivity index (χ0n) is 17.9. The van der Waals surface area contributed by atoms with Gasteiger partial charge in [-0.3, -0.25) is 4.90 Å². The van der Waals surface area contributed by atoms with Gasteiger partial charge in [0.2, 0.25) is 5.82 Å². The summed E-state index contributed by atoms with van der Waals surface area (Å²) in [5.41, 5.74) is 3.20. The molecule has 0 aliphatic carbocycles. The number of allylic oxidation sites excluding steroid dienone is 1. The van der Waals surface area contributed by atoms with E-state index in [1.165, 1.54) is 0 Å². The summed E-state index contributed by atoms with van der Waals surface area (Å²) >= 11 is 0. The first-order valence-corrected chi connectivity index (χ1v) is 9.97. The standard InChI is InChI=1S/C23H24N4O4/c1-5-27-14(2)19(20(24-23(27)28)15-9-11-17(29-3)12-10-15)22-25-21(26-31-22)16-7-6-8-18(13-16)30-4/h6-13,20H,5H2,1-4H3,(H,24,28). The molecular weight excluding hydrogens is 396 g/mol. The monoisotopic (exact) mass is 420 g/mol. The van der Waals surface area contributed by atoms with Crippen molar-refractivity contribution >= 4 is 11.6 Å². The minimum absolute atomic E-state index is 0.169. The molecule has 0 fully saturated rings. The molecule has 0 spiro atoms. The number of methoxy groups -OCH3 is 2. The maximum Gasteiger partial charge on any atom is 0.322 e. The SMILES string of the molecule is CCN1C(=O)NC(c2ccc(OC)cc2)C(c2nc(-c3cccc(OC)c3)no2)=C1C. The smallest absolute Gasteiger partial charge is 0.322 e. The van der Waals surface area contributed by atoms with Crippen LogP contribution in [0.25, 0.3) is 17.0 Å². The zero-order valence-corrected chi connectivity index (χ0v) is 17.9. The van der Waals surface area contributed by atoms with Crippen molar-refractivity contribution in [2.45, 2.75) is 19.9 Å². The molecule has 3 aromatic rings. The van der Waals surface area contributed by atoms with Crippen molar-refractivity contribution in [1.82, 2.24) is 20.4 Å². The van der Waals surface area contributed by atoms with E-state index < -0.39 is 6.04 Å². The van der Waals surface area contributed by atoms with Crippen LogP contribution >= 0.6 is 0 Å². The van der Waals surface area contributed by atoms with Gasteiger partial charge in [0.25, 0.3) is 5.89 Å². The summed E-state index contributed by atoms with van der Waals surface area (Å²) in [7, 11) is 3.23. The number of nitrogens with zero attached hydrogens (tertiary/aromatic N) is 3. The Morgan fingerprint density at radius 3 is 2.52 bits per heavy atom. The van der Waals surface area contributed by atoms with Gasteiger partial charge in [0.05, 0.1) is 25.8 Å². The maximum atomic E-state index is 12.7. The van der Waals surface area contributed by atoms with E-state index in [0.717, 1.165) is 28.1 Å². The van der Waals surface area contributed by atoms with Gasteiger partial charge in [0, 0.05) is 17.8 Å². The van der Waals surface area contributed by atoms with Crippen LogP contribution in [0, 0.1) is 0 Å². The van der Waals surface area contributed by atoms with Crippen molar-refractivity contribution < 1.29 is 18.8 Å². The van der Waals surface area contributed by atoms with Crippen LogP contribution in [0.2, 0.25) is 0 Å². The molecule has 31 heavy (non-hydrogen) atoms. The van der Waals surface area contributed by atoms with E-state index in [2.05, 4.69) is 15.5 Å². The molecule has 0 bridgehead atoms. The highest BCUT2D eigenvalue weighted by molar-refractivity contribution is 5.86. The van der Waals surface area contributed by atoms with Gasteiger partial charge >= 0.3 is 6.03 Å². The topological polar surface area (TPSA) is 89.7 Å². The summed E-state index contributed by atoms with van der Waals surface area (Å²) in [5.74, 6) is 2.25. The largest absolute Gasteiger partial charge is 0.497 e. The van der Waals surface area contributed by atoms with E-state index in [4.69, 9.17) is 14.0 Å². The number of urea groups is 1. The Morgan fingerprint density at radius 1 is 1.10 bits per heavy atom. The lowest BCUT2D eigenvalue weighted by molar-refractivity contribution is 0.207. The van der Waals surface area contributed by atoms with Crippen LogP contribution < -0.4 is 14.8 Å².